The van der Waals surface area contributed by atoms with E-state index < -0.39 is 16.9 Å². The number of non-ortho nitro benzene ring substituents is 1. The number of fused-ring (bicyclic) bond motifs is 1. The van der Waals surface area contributed by atoms with Gasteiger partial charge in [-0.15, -0.1) is 0 Å². The minimum absolute atomic E-state index is 0.0431. The molecule has 2 aromatic heterocycles. The summed E-state index contributed by atoms with van der Waals surface area (Å²) in [4.78, 5) is 43.0. The monoisotopic (exact) mass is 574 g/mol. The van der Waals surface area contributed by atoms with E-state index in [-0.39, 0.29) is 23.4 Å². The maximum Gasteiger partial charge on any atom is 0.338 e. The number of rotatable bonds is 8. The Labute approximate surface area is 238 Å². The van der Waals surface area contributed by atoms with Crippen LogP contribution in [0.15, 0.2) is 81.9 Å². The molecule has 11 nitrogen and oxygen atoms in total. The van der Waals surface area contributed by atoms with Gasteiger partial charge in [-0.1, -0.05) is 23.5 Å². The number of benzene rings is 2. The van der Waals surface area contributed by atoms with E-state index in [9.17, 15) is 19.7 Å². The van der Waals surface area contributed by atoms with Crippen molar-refractivity contribution in [2.75, 3.05) is 20.8 Å². The smallest absolute Gasteiger partial charge is 0.338 e. The van der Waals surface area contributed by atoms with Crippen molar-refractivity contribution in [3.63, 3.8) is 0 Å². The topological polar surface area (TPSA) is 127 Å². The number of aromatic nitrogens is 2. The molecule has 5 rings (SSSR count). The first-order valence-corrected chi connectivity index (χ1v) is 13.4. The van der Waals surface area contributed by atoms with Crippen molar-refractivity contribution in [1.82, 2.24) is 9.13 Å². The second kappa shape index (κ2) is 11.3. The summed E-state index contributed by atoms with van der Waals surface area (Å²) in [5.41, 5.74) is 2.13. The van der Waals surface area contributed by atoms with E-state index >= 15 is 0 Å². The standard InChI is InChI=1S/C29H26N4O7S/c1-5-40-28(35)25-17(2)30-29-32(26(25)18-11-12-22(38-3)23(14-18)39-4)27(34)24(41-29)16-20-10-7-13-31(20)19-8-6-9-21(15-19)33(36)37/h6-16,26H,5H2,1-4H3/b24-16-/t26-/m1/s1. The normalized spacial score (nSPS) is 14.8. The van der Waals surface area contributed by atoms with E-state index in [1.165, 1.54) is 42.3 Å². The Balaban J connectivity index is 1.70. The van der Waals surface area contributed by atoms with Gasteiger partial charge < -0.3 is 18.8 Å². The highest BCUT2D eigenvalue weighted by molar-refractivity contribution is 7.07. The van der Waals surface area contributed by atoms with Crippen LogP contribution in [0.2, 0.25) is 0 Å². The molecular formula is C29H26N4O7S. The van der Waals surface area contributed by atoms with Crippen LogP contribution in [0, 0.1) is 10.1 Å². The number of hydrogen-bond donors (Lipinski definition) is 0. The molecule has 41 heavy (non-hydrogen) atoms. The second-order valence-corrected chi connectivity index (χ2v) is 10.0. The van der Waals surface area contributed by atoms with Gasteiger partial charge in [-0.05, 0) is 55.8 Å². The summed E-state index contributed by atoms with van der Waals surface area (Å²) < 4.78 is 19.8. The third-order valence-electron chi connectivity index (χ3n) is 6.62. The molecule has 1 atom stereocenters. The molecule has 210 valence electrons. The predicted molar refractivity (Wildman–Crippen MR) is 152 cm³/mol. The molecule has 0 spiro atoms. The van der Waals surface area contributed by atoms with Crippen molar-refractivity contribution < 1.29 is 23.9 Å². The van der Waals surface area contributed by atoms with Crippen LogP contribution < -0.4 is 24.4 Å². The number of hydrogen-bond acceptors (Lipinski definition) is 9. The van der Waals surface area contributed by atoms with E-state index in [0.29, 0.717) is 43.5 Å². The molecule has 12 heteroatoms. The molecule has 3 heterocycles. The summed E-state index contributed by atoms with van der Waals surface area (Å²) in [5, 5.41) is 11.3. The van der Waals surface area contributed by atoms with Crippen molar-refractivity contribution in [3.05, 3.63) is 113 Å². The summed E-state index contributed by atoms with van der Waals surface area (Å²) in [7, 11) is 3.04. The zero-order chi connectivity index (χ0) is 29.3. The van der Waals surface area contributed by atoms with Crippen LogP contribution in [0.5, 0.6) is 11.5 Å². The number of thiazole rings is 1. The Bertz CT molecular complexity index is 1880. The molecule has 0 aliphatic carbocycles. The summed E-state index contributed by atoms with van der Waals surface area (Å²) in [6, 6.07) is 14.2. The van der Waals surface area contributed by atoms with Gasteiger partial charge in [-0.25, -0.2) is 9.79 Å². The van der Waals surface area contributed by atoms with Crippen molar-refractivity contribution in [2.24, 2.45) is 4.99 Å². The first-order chi connectivity index (χ1) is 19.8. The average Bonchev–Trinajstić information content (AvgIpc) is 3.56. The SMILES string of the molecule is CCOC(=O)C1=C(C)N=c2s/c(=C\c3cccn3-c3cccc([N+](=O)[O-])c3)c(=O)n2[C@@H]1c1ccc(OC)c(OC)c1. The van der Waals surface area contributed by atoms with Crippen LogP contribution in [-0.4, -0.2) is 40.9 Å². The molecule has 0 fully saturated rings. The lowest BCUT2D eigenvalue weighted by Gasteiger charge is -2.25. The highest BCUT2D eigenvalue weighted by Crippen LogP contribution is 2.36. The van der Waals surface area contributed by atoms with Crippen molar-refractivity contribution in [3.8, 4) is 17.2 Å². The fourth-order valence-electron chi connectivity index (χ4n) is 4.77. The number of nitro benzene ring substituents is 1. The first kappa shape index (κ1) is 27.6. The highest BCUT2D eigenvalue weighted by atomic mass is 32.1. The molecule has 0 bridgehead atoms. The van der Waals surface area contributed by atoms with Gasteiger partial charge in [-0.2, -0.15) is 0 Å². The number of ether oxygens (including phenoxy) is 3. The fourth-order valence-corrected chi connectivity index (χ4v) is 5.80. The molecule has 1 aliphatic rings. The van der Waals surface area contributed by atoms with E-state index in [1.54, 1.807) is 73.2 Å². The van der Waals surface area contributed by atoms with Crippen molar-refractivity contribution >= 4 is 29.1 Å². The molecule has 2 aromatic carbocycles. The lowest BCUT2D eigenvalue weighted by Crippen LogP contribution is -2.40. The number of allylic oxidation sites excluding steroid dienone is 1. The zero-order valence-electron chi connectivity index (χ0n) is 22.7. The molecule has 0 amide bonds. The summed E-state index contributed by atoms with van der Waals surface area (Å²) >= 11 is 1.18. The minimum Gasteiger partial charge on any atom is -0.493 e. The van der Waals surface area contributed by atoms with Crippen LogP contribution in [0.25, 0.3) is 11.8 Å². The Morgan fingerprint density at radius 3 is 2.61 bits per heavy atom. The van der Waals surface area contributed by atoms with Crippen LogP contribution in [0.3, 0.4) is 0 Å². The Morgan fingerprint density at radius 2 is 1.90 bits per heavy atom. The van der Waals surface area contributed by atoms with Gasteiger partial charge in [0.2, 0.25) is 0 Å². The van der Waals surface area contributed by atoms with E-state index in [0.717, 1.165) is 0 Å². The van der Waals surface area contributed by atoms with Gasteiger partial charge in [0.05, 0.1) is 53.3 Å². The second-order valence-electron chi connectivity index (χ2n) is 9.00. The summed E-state index contributed by atoms with van der Waals surface area (Å²) in [6.45, 7) is 3.59. The van der Waals surface area contributed by atoms with Gasteiger partial charge in [0, 0.05) is 24.0 Å². The zero-order valence-corrected chi connectivity index (χ0v) is 23.5. The summed E-state index contributed by atoms with van der Waals surface area (Å²) in [5.74, 6) is 0.381. The lowest BCUT2D eigenvalue weighted by atomic mass is 9.95. The van der Waals surface area contributed by atoms with Crippen molar-refractivity contribution in [2.45, 2.75) is 19.9 Å². The molecule has 4 aromatic rings. The number of methoxy groups -OCH3 is 2. The average molecular weight is 575 g/mol. The van der Waals surface area contributed by atoms with Gasteiger partial charge in [0.1, 0.15) is 0 Å². The van der Waals surface area contributed by atoms with Gasteiger partial charge in [0.15, 0.2) is 16.3 Å². The van der Waals surface area contributed by atoms with Crippen LogP contribution >= 0.6 is 11.3 Å². The molecule has 0 radical (unpaired) electrons. The number of esters is 1. The molecular weight excluding hydrogens is 548 g/mol. The fraction of sp³-hybridized carbons (Fsp3) is 0.207. The molecule has 0 saturated heterocycles. The number of nitrogens with zero attached hydrogens (tertiary/aromatic N) is 4. The quantitative estimate of drug-likeness (QED) is 0.179. The highest BCUT2D eigenvalue weighted by Gasteiger charge is 2.34. The van der Waals surface area contributed by atoms with Gasteiger partial charge >= 0.3 is 5.97 Å². The predicted octanol–water partition coefficient (Wildman–Crippen LogP) is 3.51. The minimum atomic E-state index is -0.823. The molecule has 0 unspecified atom stereocenters. The molecule has 0 N–H and O–H groups in total. The third kappa shape index (κ3) is 5.05. The number of carbonyl (C=O) groups is 1. The largest absolute Gasteiger partial charge is 0.493 e. The van der Waals surface area contributed by atoms with Gasteiger partial charge in [-0.3, -0.25) is 19.5 Å². The van der Waals surface area contributed by atoms with E-state index in [2.05, 4.69) is 4.99 Å². The van der Waals surface area contributed by atoms with E-state index in [4.69, 9.17) is 14.2 Å². The summed E-state index contributed by atoms with van der Waals surface area (Å²) in [6.07, 6.45) is 3.47. The van der Waals surface area contributed by atoms with Crippen LogP contribution in [0.1, 0.15) is 31.1 Å². The number of nitro groups is 1. The Kier molecular flexibility index (Phi) is 7.58. The number of carbonyl (C=O) groups excluding carboxylic acids is 1. The van der Waals surface area contributed by atoms with Crippen molar-refractivity contribution in [1.29, 1.82) is 0 Å². The lowest BCUT2D eigenvalue weighted by molar-refractivity contribution is -0.384. The molecule has 0 saturated carbocycles. The maximum atomic E-state index is 14.0. The van der Waals surface area contributed by atoms with Crippen LogP contribution in [0.4, 0.5) is 5.69 Å². The third-order valence-corrected chi connectivity index (χ3v) is 7.60. The maximum absolute atomic E-state index is 14.0. The van der Waals surface area contributed by atoms with Gasteiger partial charge in [0.25, 0.3) is 11.2 Å². The Hall–Kier alpha value is -4.97. The van der Waals surface area contributed by atoms with E-state index in [1.807, 2.05) is 0 Å². The molecule has 1 aliphatic heterocycles. The van der Waals surface area contributed by atoms with Crippen LogP contribution in [-0.2, 0) is 9.53 Å². The Morgan fingerprint density at radius 1 is 1.12 bits per heavy atom. The first-order valence-electron chi connectivity index (χ1n) is 12.6.